The Morgan fingerprint density at radius 3 is 2.26 bits per heavy atom. The molecular formula is C19H36N2OS. The van der Waals surface area contributed by atoms with Gasteiger partial charge >= 0.3 is 0 Å². The number of unbranched alkanes of at least 4 members (excludes halogenated alkanes) is 1. The van der Waals surface area contributed by atoms with Crippen LogP contribution >= 0.6 is 11.8 Å². The van der Waals surface area contributed by atoms with Gasteiger partial charge in [0, 0.05) is 30.6 Å². The molecule has 0 fully saturated rings. The molecule has 0 radical (unpaired) electrons. The van der Waals surface area contributed by atoms with Gasteiger partial charge in [0.2, 0.25) is 0 Å². The van der Waals surface area contributed by atoms with E-state index in [2.05, 4.69) is 51.5 Å². The first-order chi connectivity index (χ1) is 10.8. The van der Waals surface area contributed by atoms with Gasteiger partial charge in [0.25, 0.3) is 0 Å². The average Bonchev–Trinajstić information content (AvgIpc) is 2.48. The van der Waals surface area contributed by atoms with Crippen LogP contribution in [0.4, 0.5) is 0 Å². The van der Waals surface area contributed by atoms with Crippen LogP contribution < -0.4 is 0 Å². The number of rotatable bonds is 9. The first-order valence-electron chi connectivity index (χ1n) is 9.09. The molecule has 1 rings (SSSR count). The molecule has 0 bridgehead atoms. The van der Waals surface area contributed by atoms with E-state index in [0.29, 0.717) is 11.5 Å². The van der Waals surface area contributed by atoms with Crippen LogP contribution in [0.5, 0.6) is 0 Å². The minimum atomic E-state index is -0.0538. The van der Waals surface area contributed by atoms with E-state index in [0.717, 1.165) is 24.4 Å². The molecule has 0 saturated heterocycles. The van der Waals surface area contributed by atoms with Crippen LogP contribution in [0.1, 0.15) is 53.9 Å². The van der Waals surface area contributed by atoms with Gasteiger partial charge in [0.05, 0.1) is 5.75 Å². The Bertz CT molecular complexity index is 412. The minimum Gasteiger partial charge on any atom is -0.377 e. The van der Waals surface area contributed by atoms with Gasteiger partial charge in [0.15, 0.2) is 5.78 Å². The van der Waals surface area contributed by atoms with Crippen molar-refractivity contribution in [2.45, 2.75) is 53.9 Å². The van der Waals surface area contributed by atoms with Crippen molar-refractivity contribution in [3.63, 3.8) is 0 Å². The predicted molar refractivity (Wildman–Crippen MR) is 103 cm³/mol. The summed E-state index contributed by atoms with van der Waals surface area (Å²) in [5, 5.41) is 0. The van der Waals surface area contributed by atoms with Gasteiger partial charge in [-0.1, -0.05) is 34.6 Å². The highest BCUT2D eigenvalue weighted by molar-refractivity contribution is 8.00. The summed E-state index contributed by atoms with van der Waals surface area (Å²) >= 11 is 1.76. The SMILES string of the molecule is CCCN(CC)CCCCN(C)C1=C(C(C)(C)C)C(=O)CSC1. The number of carbonyl (C=O) groups is 1. The second-order valence-corrected chi connectivity index (χ2v) is 8.54. The van der Waals surface area contributed by atoms with Gasteiger partial charge in [0.1, 0.15) is 0 Å². The summed E-state index contributed by atoms with van der Waals surface area (Å²) in [5.74, 6) is 1.95. The number of thioether (sulfide) groups is 1. The normalized spacial score (nSPS) is 16.4. The van der Waals surface area contributed by atoms with E-state index in [1.807, 2.05) is 0 Å². The summed E-state index contributed by atoms with van der Waals surface area (Å²) in [7, 11) is 2.16. The summed E-state index contributed by atoms with van der Waals surface area (Å²) in [6.07, 6.45) is 3.66. The molecule has 1 aliphatic heterocycles. The highest BCUT2D eigenvalue weighted by atomic mass is 32.2. The fourth-order valence-electron chi connectivity index (χ4n) is 3.26. The van der Waals surface area contributed by atoms with Crippen LogP contribution in [0.15, 0.2) is 11.3 Å². The smallest absolute Gasteiger partial charge is 0.171 e. The van der Waals surface area contributed by atoms with Crippen LogP contribution in [0.3, 0.4) is 0 Å². The minimum absolute atomic E-state index is 0.0538. The summed E-state index contributed by atoms with van der Waals surface area (Å²) < 4.78 is 0. The lowest BCUT2D eigenvalue weighted by Crippen LogP contribution is -2.33. The first kappa shape index (κ1) is 20.6. The number of ketones is 1. The van der Waals surface area contributed by atoms with Crippen LogP contribution in [-0.2, 0) is 4.79 Å². The third-order valence-electron chi connectivity index (χ3n) is 4.46. The molecule has 0 amide bonds. The topological polar surface area (TPSA) is 23.6 Å². The summed E-state index contributed by atoms with van der Waals surface area (Å²) in [4.78, 5) is 17.2. The Kier molecular flexibility index (Phi) is 8.70. The van der Waals surface area contributed by atoms with Crippen LogP contribution in [0.2, 0.25) is 0 Å². The average molecular weight is 341 g/mol. The molecule has 0 N–H and O–H groups in total. The van der Waals surface area contributed by atoms with Gasteiger partial charge in [-0.05, 0) is 44.3 Å². The Labute approximate surface area is 147 Å². The van der Waals surface area contributed by atoms with Gasteiger partial charge in [-0.3, -0.25) is 4.79 Å². The maximum Gasteiger partial charge on any atom is 0.171 e. The zero-order valence-electron chi connectivity index (χ0n) is 16.1. The van der Waals surface area contributed by atoms with Crippen molar-refractivity contribution in [2.75, 3.05) is 44.7 Å². The molecule has 1 heterocycles. The van der Waals surface area contributed by atoms with Crippen LogP contribution in [0, 0.1) is 5.41 Å². The molecule has 4 heteroatoms. The Morgan fingerprint density at radius 2 is 1.70 bits per heavy atom. The second-order valence-electron chi connectivity index (χ2n) is 7.55. The Hall–Kier alpha value is -0.480. The van der Waals surface area contributed by atoms with Crippen molar-refractivity contribution in [1.82, 2.24) is 9.80 Å². The number of hydrogen-bond acceptors (Lipinski definition) is 4. The molecule has 3 nitrogen and oxygen atoms in total. The van der Waals surface area contributed by atoms with Crippen LogP contribution in [-0.4, -0.2) is 60.3 Å². The van der Waals surface area contributed by atoms with Crippen molar-refractivity contribution < 1.29 is 4.79 Å². The highest BCUT2D eigenvalue weighted by Crippen LogP contribution is 2.35. The van der Waals surface area contributed by atoms with Crippen molar-refractivity contribution >= 4 is 17.5 Å². The lowest BCUT2D eigenvalue weighted by molar-refractivity contribution is -0.114. The molecular weight excluding hydrogens is 304 g/mol. The van der Waals surface area contributed by atoms with Crippen molar-refractivity contribution in [3.05, 3.63) is 11.3 Å². The molecule has 0 atom stereocenters. The maximum absolute atomic E-state index is 12.4. The quantitative estimate of drug-likeness (QED) is 0.591. The molecule has 0 aromatic rings. The fraction of sp³-hybridized carbons (Fsp3) is 0.842. The van der Waals surface area contributed by atoms with E-state index in [9.17, 15) is 4.79 Å². The summed E-state index contributed by atoms with van der Waals surface area (Å²) in [6.45, 7) is 15.6. The van der Waals surface area contributed by atoms with Crippen LogP contribution in [0.25, 0.3) is 0 Å². The van der Waals surface area contributed by atoms with Crippen molar-refractivity contribution in [3.8, 4) is 0 Å². The van der Waals surface area contributed by atoms with Gasteiger partial charge in [-0.25, -0.2) is 0 Å². The number of Topliss-reactive ketones (excluding diaryl/α,β-unsaturated/α-hetero) is 1. The number of carbonyl (C=O) groups excluding carboxylic acids is 1. The fourth-order valence-corrected chi connectivity index (χ4v) is 4.25. The van der Waals surface area contributed by atoms with Gasteiger partial charge < -0.3 is 9.80 Å². The predicted octanol–water partition coefficient (Wildman–Crippen LogP) is 4.05. The van der Waals surface area contributed by atoms with E-state index < -0.39 is 0 Å². The van der Waals surface area contributed by atoms with E-state index in [-0.39, 0.29) is 5.41 Å². The monoisotopic (exact) mass is 340 g/mol. The third-order valence-corrected chi connectivity index (χ3v) is 5.40. The molecule has 134 valence electrons. The van der Waals surface area contributed by atoms with Gasteiger partial charge in [-0.2, -0.15) is 0 Å². The molecule has 0 aliphatic carbocycles. The maximum atomic E-state index is 12.4. The molecule has 0 aromatic carbocycles. The zero-order chi connectivity index (χ0) is 17.5. The zero-order valence-corrected chi connectivity index (χ0v) is 16.9. The molecule has 23 heavy (non-hydrogen) atoms. The van der Waals surface area contributed by atoms with E-state index >= 15 is 0 Å². The molecule has 0 unspecified atom stereocenters. The largest absolute Gasteiger partial charge is 0.377 e. The number of hydrogen-bond donors (Lipinski definition) is 0. The number of allylic oxidation sites excluding steroid dienone is 1. The van der Waals surface area contributed by atoms with E-state index in [1.165, 1.54) is 38.0 Å². The Balaban J connectivity index is 2.58. The van der Waals surface area contributed by atoms with Gasteiger partial charge in [-0.15, -0.1) is 11.8 Å². The standard InChI is InChI=1S/C19H36N2OS/c1-7-11-21(8-2)13-10-9-12-20(6)16-14-23-15-17(22)18(16)19(3,4)5/h7-15H2,1-6H3. The number of nitrogens with zero attached hydrogens (tertiary/aromatic N) is 2. The van der Waals surface area contributed by atoms with E-state index in [1.54, 1.807) is 11.8 Å². The summed E-state index contributed by atoms with van der Waals surface area (Å²) in [5.41, 5.74) is 2.27. The summed E-state index contributed by atoms with van der Waals surface area (Å²) in [6, 6.07) is 0. The molecule has 0 saturated carbocycles. The lowest BCUT2D eigenvalue weighted by atomic mass is 9.82. The van der Waals surface area contributed by atoms with Crippen molar-refractivity contribution in [1.29, 1.82) is 0 Å². The molecule has 0 spiro atoms. The first-order valence-corrected chi connectivity index (χ1v) is 10.2. The molecule has 0 aromatic heterocycles. The molecule has 1 aliphatic rings. The Morgan fingerprint density at radius 1 is 1.04 bits per heavy atom. The van der Waals surface area contributed by atoms with E-state index in [4.69, 9.17) is 0 Å². The van der Waals surface area contributed by atoms with Crippen molar-refractivity contribution in [2.24, 2.45) is 5.41 Å². The second kappa shape index (κ2) is 9.73. The highest BCUT2D eigenvalue weighted by Gasteiger charge is 2.31. The third kappa shape index (κ3) is 6.50. The lowest BCUT2D eigenvalue weighted by Gasteiger charge is -2.34.